The molecule has 2 atom stereocenters. The van der Waals surface area contributed by atoms with Gasteiger partial charge in [0.05, 0.1) is 0 Å². The van der Waals surface area contributed by atoms with E-state index in [1.165, 1.54) is 18.7 Å². The van der Waals surface area contributed by atoms with Crippen LogP contribution in [0.1, 0.15) is 24.5 Å². The zero-order valence-corrected chi connectivity index (χ0v) is 15.7. The molecule has 0 spiro atoms. The summed E-state index contributed by atoms with van der Waals surface area (Å²) < 4.78 is 5.18. The molecule has 8 heteroatoms. The molecule has 0 aliphatic carbocycles. The number of primary amides is 1. The molecule has 7 nitrogen and oxygen atoms in total. The number of nitrogens with two attached hydrogens (primary N) is 1. The van der Waals surface area contributed by atoms with Crippen LogP contribution in [0, 0.1) is 13.8 Å². The Morgan fingerprint density at radius 3 is 2.56 bits per heavy atom. The lowest BCUT2D eigenvalue weighted by molar-refractivity contribution is -0.155. The molecule has 1 rings (SSSR count). The number of amides is 3. The van der Waals surface area contributed by atoms with Gasteiger partial charge in [0.1, 0.15) is 6.04 Å². The standard InChI is InChI=1S/C17H25N3O4S/c1-10-5-6-11(2)14(9-10)19-15(21)12(3)24-16(22)13(7-8-25-4)20-17(18)23/h5-6,9,12-13H,7-8H2,1-4H3,(H,19,21)(H3,18,20,23)/t12-,13-/m0/s1. The normalized spacial score (nSPS) is 12.8. The fraction of sp³-hybridized carbons (Fsp3) is 0.471. The number of hydrogen-bond donors (Lipinski definition) is 3. The molecular formula is C17H25N3O4S. The molecule has 0 bridgehead atoms. The maximum absolute atomic E-state index is 12.3. The zero-order valence-electron chi connectivity index (χ0n) is 14.9. The van der Waals surface area contributed by atoms with Crippen LogP contribution < -0.4 is 16.4 Å². The average molecular weight is 367 g/mol. The van der Waals surface area contributed by atoms with Gasteiger partial charge in [0.25, 0.3) is 5.91 Å². The summed E-state index contributed by atoms with van der Waals surface area (Å²) in [6, 6.07) is 4.01. The van der Waals surface area contributed by atoms with E-state index in [4.69, 9.17) is 10.5 Å². The van der Waals surface area contributed by atoms with Crippen LogP contribution in [0.4, 0.5) is 10.5 Å². The Balaban J connectivity index is 2.69. The van der Waals surface area contributed by atoms with Gasteiger partial charge >= 0.3 is 12.0 Å². The van der Waals surface area contributed by atoms with E-state index in [1.807, 2.05) is 38.3 Å². The van der Waals surface area contributed by atoms with Crippen LogP contribution in [0.15, 0.2) is 18.2 Å². The second-order valence-corrected chi connectivity index (χ2v) is 6.71. The Labute approximate surface area is 152 Å². The van der Waals surface area contributed by atoms with E-state index in [-0.39, 0.29) is 0 Å². The van der Waals surface area contributed by atoms with E-state index in [2.05, 4.69) is 10.6 Å². The number of esters is 1. The second-order valence-electron chi connectivity index (χ2n) is 5.73. The maximum atomic E-state index is 12.3. The van der Waals surface area contributed by atoms with Crippen LogP contribution in [0.25, 0.3) is 0 Å². The lowest BCUT2D eigenvalue weighted by Crippen LogP contribution is -2.46. The van der Waals surface area contributed by atoms with Crippen molar-refractivity contribution in [2.75, 3.05) is 17.3 Å². The molecule has 0 saturated heterocycles. The predicted molar refractivity (Wildman–Crippen MR) is 99.6 cm³/mol. The first-order chi connectivity index (χ1) is 11.7. The average Bonchev–Trinajstić information content (AvgIpc) is 2.54. The molecule has 0 aliphatic heterocycles. The van der Waals surface area contributed by atoms with Gasteiger partial charge in [-0.05, 0) is 56.4 Å². The summed E-state index contributed by atoms with van der Waals surface area (Å²) in [5, 5.41) is 5.09. The summed E-state index contributed by atoms with van der Waals surface area (Å²) in [6.45, 7) is 5.28. The number of benzene rings is 1. The van der Waals surface area contributed by atoms with Crippen molar-refractivity contribution in [2.24, 2.45) is 5.73 Å². The smallest absolute Gasteiger partial charge is 0.329 e. The van der Waals surface area contributed by atoms with Crippen molar-refractivity contribution < 1.29 is 19.1 Å². The van der Waals surface area contributed by atoms with Crippen molar-refractivity contribution >= 4 is 35.4 Å². The lowest BCUT2D eigenvalue weighted by Gasteiger charge is -2.19. The highest BCUT2D eigenvalue weighted by Gasteiger charge is 2.25. The number of aryl methyl sites for hydroxylation is 2. The second kappa shape index (κ2) is 9.93. The maximum Gasteiger partial charge on any atom is 0.329 e. The number of ether oxygens (including phenoxy) is 1. The Morgan fingerprint density at radius 1 is 1.28 bits per heavy atom. The summed E-state index contributed by atoms with van der Waals surface area (Å²) in [6.07, 6.45) is 1.25. The van der Waals surface area contributed by atoms with Crippen molar-refractivity contribution in [3.8, 4) is 0 Å². The number of nitrogens with one attached hydrogen (secondary N) is 2. The highest BCUT2D eigenvalue weighted by Crippen LogP contribution is 2.17. The first-order valence-corrected chi connectivity index (χ1v) is 9.27. The van der Waals surface area contributed by atoms with E-state index in [0.29, 0.717) is 17.9 Å². The molecule has 138 valence electrons. The summed E-state index contributed by atoms with van der Waals surface area (Å²) in [5.41, 5.74) is 7.67. The minimum Gasteiger partial charge on any atom is -0.451 e. The third-order valence-corrected chi connectivity index (χ3v) is 4.17. The molecule has 0 saturated carbocycles. The molecule has 0 fully saturated rings. The van der Waals surface area contributed by atoms with Crippen molar-refractivity contribution in [1.29, 1.82) is 0 Å². The Morgan fingerprint density at radius 2 is 1.96 bits per heavy atom. The van der Waals surface area contributed by atoms with Crippen LogP contribution in [0.2, 0.25) is 0 Å². The number of hydrogen-bond acceptors (Lipinski definition) is 5. The van der Waals surface area contributed by atoms with Gasteiger partial charge in [-0.15, -0.1) is 0 Å². The molecule has 0 unspecified atom stereocenters. The van der Waals surface area contributed by atoms with Gasteiger partial charge in [0.15, 0.2) is 6.10 Å². The lowest BCUT2D eigenvalue weighted by atomic mass is 10.1. The van der Waals surface area contributed by atoms with E-state index in [0.717, 1.165) is 11.1 Å². The van der Waals surface area contributed by atoms with Crippen molar-refractivity contribution in [3.63, 3.8) is 0 Å². The van der Waals surface area contributed by atoms with Crippen LogP contribution in [-0.2, 0) is 14.3 Å². The summed E-state index contributed by atoms with van der Waals surface area (Å²) in [4.78, 5) is 35.5. The van der Waals surface area contributed by atoms with Gasteiger partial charge in [-0.25, -0.2) is 9.59 Å². The third-order valence-electron chi connectivity index (χ3n) is 3.52. The number of thioether (sulfide) groups is 1. The van der Waals surface area contributed by atoms with Crippen molar-refractivity contribution in [1.82, 2.24) is 5.32 Å². The Kier molecular flexibility index (Phi) is 8.27. The first kappa shape index (κ1) is 20.8. The highest BCUT2D eigenvalue weighted by molar-refractivity contribution is 7.98. The van der Waals surface area contributed by atoms with Crippen LogP contribution >= 0.6 is 11.8 Å². The molecule has 0 heterocycles. The summed E-state index contributed by atoms with van der Waals surface area (Å²) in [7, 11) is 0. The molecule has 1 aromatic carbocycles. The molecular weight excluding hydrogens is 342 g/mol. The fourth-order valence-corrected chi connectivity index (χ4v) is 2.54. The molecule has 1 aromatic rings. The summed E-state index contributed by atoms with van der Waals surface area (Å²) >= 11 is 1.53. The van der Waals surface area contributed by atoms with Gasteiger partial charge in [0, 0.05) is 5.69 Å². The monoisotopic (exact) mass is 367 g/mol. The first-order valence-electron chi connectivity index (χ1n) is 7.88. The van der Waals surface area contributed by atoms with Gasteiger partial charge in [-0.1, -0.05) is 12.1 Å². The number of rotatable bonds is 8. The molecule has 0 aromatic heterocycles. The largest absolute Gasteiger partial charge is 0.451 e. The van der Waals surface area contributed by atoms with Gasteiger partial charge < -0.3 is 21.1 Å². The quantitative estimate of drug-likeness (QED) is 0.608. The minimum atomic E-state index is -1.00. The molecule has 0 radical (unpaired) electrons. The van der Waals surface area contributed by atoms with E-state index >= 15 is 0 Å². The van der Waals surface area contributed by atoms with Crippen LogP contribution in [-0.4, -0.2) is 42.1 Å². The van der Waals surface area contributed by atoms with E-state index in [1.54, 1.807) is 0 Å². The third kappa shape index (κ3) is 7.04. The van der Waals surface area contributed by atoms with Crippen molar-refractivity contribution in [2.45, 2.75) is 39.3 Å². The van der Waals surface area contributed by atoms with Gasteiger partial charge in [-0.3, -0.25) is 4.79 Å². The molecule has 25 heavy (non-hydrogen) atoms. The SMILES string of the molecule is CSCC[C@H](NC(N)=O)C(=O)O[C@@H](C)C(=O)Nc1cc(C)ccc1C. The van der Waals surface area contributed by atoms with Gasteiger partial charge in [0.2, 0.25) is 0 Å². The van der Waals surface area contributed by atoms with E-state index < -0.39 is 30.1 Å². The Bertz CT molecular complexity index is 636. The van der Waals surface area contributed by atoms with Crippen LogP contribution in [0.5, 0.6) is 0 Å². The fourth-order valence-electron chi connectivity index (χ4n) is 2.07. The topological polar surface area (TPSA) is 111 Å². The predicted octanol–water partition coefficient (Wildman–Crippen LogP) is 1.96. The van der Waals surface area contributed by atoms with E-state index in [9.17, 15) is 14.4 Å². The number of urea groups is 1. The number of carbonyl (C=O) groups excluding carboxylic acids is 3. The summed E-state index contributed by atoms with van der Waals surface area (Å²) in [5.74, 6) is -0.482. The molecule has 4 N–H and O–H groups in total. The minimum absolute atomic E-state index is 0.369. The zero-order chi connectivity index (χ0) is 19.0. The highest BCUT2D eigenvalue weighted by atomic mass is 32.2. The van der Waals surface area contributed by atoms with Crippen LogP contribution in [0.3, 0.4) is 0 Å². The van der Waals surface area contributed by atoms with Gasteiger partial charge in [-0.2, -0.15) is 11.8 Å². The number of anilines is 1. The van der Waals surface area contributed by atoms with Crippen molar-refractivity contribution in [3.05, 3.63) is 29.3 Å². The molecule has 3 amide bonds. The number of carbonyl (C=O) groups is 3. The molecule has 0 aliphatic rings. The Hall–Kier alpha value is -2.22.